The van der Waals surface area contributed by atoms with Gasteiger partial charge < -0.3 is 15.2 Å². The molecular weight excluding hydrogens is 350 g/mol. The maximum absolute atomic E-state index is 11.9. The summed E-state index contributed by atoms with van der Waals surface area (Å²) in [6, 6.07) is 5.15. The topological polar surface area (TPSA) is 75.6 Å². The highest BCUT2D eigenvalue weighted by molar-refractivity contribution is 9.10. The van der Waals surface area contributed by atoms with Crippen LogP contribution in [0.25, 0.3) is 0 Å². The minimum atomic E-state index is -0.981. The summed E-state index contributed by atoms with van der Waals surface area (Å²) < 4.78 is 5.47. The smallest absolute Gasteiger partial charge is 0.331 e. The lowest BCUT2D eigenvalue weighted by atomic mass is 9.68. The standard InChI is InChI=1S/C13H13BrClNO4/c1-20-12(19)13(5-7(6-13)11(17)18)16-8-2-3-10(15)9(14)4-8/h2-4,7,16H,5-6H2,1H3,(H,17,18). The molecule has 1 aliphatic rings. The third-order valence-corrected chi connectivity index (χ3v) is 4.63. The highest BCUT2D eigenvalue weighted by atomic mass is 79.9. The predicted octanol–water partition coefficient (Wildman–Crippen LogP) is 2.92. The van der Waals surface area contributed by atoms with E-state index in [-0.39, 0.29) is 12.8 Å². The molecule has 0 saturated heterocycles. The van der Waals surface area contributed by atoms with Gasteiger partial charge in [0, 0.05) is 10.2 Å². The first-order valence-electron chi connectivity index (χ1n) is 5.92. The van der Waals surface area contributed by atoms with Crippen LogP contribution in [0.5, 0.6) is 0 Å². The number of esters is 1. The fourth-order valence-electron chi connectivity index (χ4n) is 2.32. The minimum absolute atomic E-state index is 0.204. The van der Waals surface area contributed by atoms with Crippen molar-refractivity contribution in [3.05, 3.63) is 27.7 Å². The molecule has 0 spiro atoms. The Hall–Kier alpha value is -1.27. The molecule has 1 aromatic rings. The van der Waals surface area contributed by atoms with E-state index in [2.05, 4.69) is 21.2 Å². The van der Waals surface area contributed by atoms with Crippen LogP contribution in [0.15, 0.2) is 22.7 Å². The second-order valence-corrected chi connectivity index (χ2v) is 6.03. The monoisotopic (exact) mass is 361 g/mol. The van der Waals surface area contributed by atoms with Gasteiger partial charge in [-0.15, -0.1) is 0 Å². The van der Waals surface area contributed by atoms with Crippen LogP contribution in [0.3, 0.4) is 0 Å². The number of hydrogen-bond donors (Lipinski definition) is 2. The van der Waals surface area contributed by atoms with Crippen molar-refractivity contribution in [2.24, 2.45) is 5.92 Å². The maximum atomic E-state index is 11.9. The lowest BCUT2D eigenvalue weighted by molar-refractivity contribution is -0.157. The molecule has 2 N–H and O–H groups in total. The zero-order valence-electron chi connectivity index (χ0n) is 10.7. The third kappa shape index (κ3) is 2.76. The Morgan fingerprint density at radius 1 is 1.50 bits per heavy atom. The minimum Gasteiger partial charge on any atom is -0.481 e. The Morgan fingerprint density at radius 2 is 2.15 bits per heavy atom. The SMILES string of the molecule is COC(=O)C1(Nc2ccc(Cl)c(Br)c2)CC(C(=O)O)C1. The number of carboxylic acids is 1. The summed E-state index contributed by atoms with van der Waals surface area (Å²) in [6.45, 7) is 0. The molecule has 2 rings (SSSR count). The number of aliphatic carboxylic acids is 1. The Kier molecular flexibility index (Phi) is 4.25. The first-order valence-corrected chi connectivity index (χ1v) is 7.09. The van der Waals surface area contributed by atoms with E-state index in [0.717, 1.165) is 0 Å². The van der Waals surface area contributed by atoms with Gasteiger partial charge >= 0.3 is 11.9 Å². The molecule has 20 heavy (non-hydrogen) atoms. The van der Waals surface area contributed by atoms with Crippen LogP contribution in [0.1, 0.15) is 12.8 Å². The van der Waals surface area contributed by atoms with Crippen molar-refractivity contribution in [3.8, 4) is 0 Å². The number of carboxylic acid groups (broad SMARTS) is 1. The largest absolute Gasteiger partial charge is 0.481 e. The zero-order chi connectivity index (χ0) is 14.9. The number of ether oxygens (including phenoxy) is 1. The average molecular weight is 363 g/mol. The van der Waals surface area contributed by atoms with Crippen LogP contribution in [0.4, 0.5) is 5.69 Å². The van der Waals surface area contributed by atoms with E-state index in [1.807, 2.05) is 0 Å². The number of benzene rings is 1. The Labute approximate surface area is 129 Å². The van der Waals surface area contributed by atoms with Crippen LogP contribution >= 0.6 is 27.5 Å². The van der Waals surface area contributed by atoms with Crippen molar-refractivity contribution < 1.29 is 19.4 Å². The number of nitrogens with one attached hydrogen (secondary N) is 1. The summed E-state index contributed by atoms with van der Waals surface area (Å²) in [5.41, 5.74) is -0.305. The van der Waals surface area contributed by atoms with E-state index in [1.54, 1.807) is 18.2 Å². The number of hydrogen-bond acceptors (Lipinski definition) is 4. The molecule has 7 heteroatoms. The van der Waals surface area contributed by atoms with Gasteiger partial charge in [-0.3, -0.25) is 4.79 Å². The van der Waals surface area contributed by atoms with Crippen LogP contribution in [-0.4, -0.2) is 29.7 Å². The molecule has 0 aromatic heterocycles. The summed E-state index contributed by atoms with van der Waals surface area (Å²) in [5.74, 6) is -1.89. The molecule has 0 heterocycles. The molecule has 108 valence electrons. The third-order valence-electron chi connectivity index (χ3n) is 3.42. The molecule has 5 nitrogen and oxygen atoms in total. The van der Waals surface area contributed by atoms with Gasteiger partial charge in [-0.25, -0.2) is 4.79 Å². The summed E-state index contributed by atoms with van der Waals surface area (Å²) in [6.07, 6.45) is 0.407. The Balaban J connectivity index is 2.19. The highest BCUT2D eigenvalue weighted by Gasteiger charge is 2.54. The van der Waals surface area contributed by atoms with Gasteiger partial charge in [0.25, 0.3) is 0 Å². The summed E-state index contributed by atoms with van der Waals surface area (Å²) in [5, 5.41) is 12.6. The summed E-state index contributed by atoms with van der Waals surface area (Å²) >= 11 is 9.21. The number of anilines is 1. The van der Waals surface area contributed by atoms with Crippen molar-refractivity contribution in [2.75, 3.05) is 12.4 Å². The van der Waals surface area contributed by atoms with Gasteiger partial charge in [0.1, 0.15) is 5.54 Å². The van der Waals surface area contributed by atoms with E-state index in [4.69, 9.17) is 21.4 Å². The van der Waals surface area contributed by atoms with E-state index < -0.39 is 23.4 Å². The van der Waals surface area contributed by atoms with E-state index in [1.165, 1.54) is 7.11 Å². The predicted molar refractivity (Wildman–Crippen MR) is 77.9 cm³/mol. The molecule has 0 aliphatic heterocycles. The molecule has 1 fully saturated rings. The van der Waals surface area contributed by atoms with Crippen LogP contribution in [0, 0.1) is 5.92 Å². The van der Waals surface area contributed by atoms with Gasteiger partial charge in [0.15, 0.2) is 0 Å². The lowest BCUT2D eigenvalue weighted by Gasteiger charge is -2.44. The quantitative estimate of drug-likeness (QED) is 0.806. The van der Waals surface area contributed by atoms with Gasteiger partial charge in [-0.2, -0.15) is 0 Å². The van der Waals surface area contributed by atoms with Crippen molar-refractivity contribution >= 4 is 45.2 Å². The zero-order valence-corrected chi connectivity index (χ0v) is 13.0. The van der Waals surface area contributed by atoms with Crippen molar-refractivity contribution in [2.45, 2.75) is 18.4 Å². The van der Waals surface area contributed by atoms with Crippen molar-refractivity contribution in [3.63, 3.8) is 0 Å². The first-order chi connectivity index (χ1) is 9.38. The number of halogens is 2. The van der Waals surface area contributed by atoms with Crippen LogP contribution < -0.4 is 5.32 Å². The number of carbonyl (C=O) groups excluding carboxylic acids is 1. The van der Waals surface area contributed by atoms with Crippen molar-refractivity contribution in [1.82, 2.24) is 0 Å². The first kappa shape index (κ1) is 15.1. The molecule has 1 aliphatic carbocycles. The molecule has 1 saturated carbocycles. The maximum Gasteiger partial charge on any atom is 0.331 e. The van der Waals surface area contributed by atoms with Gasteiger partial charge in [0.05, 0.1) is 18.1 Å². The molecule has 0 bridgehead atoms. The van der Waals surface area contributed by atoms with Crippen LogP contribution in [-0.2, 0) is 14.3 Å². The Morgan fingerprint density at radius 3 is 2.65 bits per heavy atom. The second-order valence-electron chi connectivity index (χ2n) is 4.77. The molecule has 1 aromatic carbocycles. The highest BCUT2D eigenvalue weighted by Crippen LogP contribution is 2.42. The number of carbonyl (C=O) groups is 2. The van der Waals surface area contributed by atoms with E-state index >= 15 is 0 Å². The summed E-state index contributed by atoms with van der Waals surface area (Å²) in [7, 11) is 1.29. The Bertz CT molecular complexity index is 557. The van der Waals surface area contributed by atoms with Gasteiger partial charge in [-0.05, 0) is 47.0 Å². The molecular formula is C13H13BrClNO4. The van der Waals surface area contributed by atoms with Gasteiger partial charge in [-0.1, -0.05) is 11.6 Å². The summed E-state index contributed by atoms with van der Waals surface area (Å²) in [4.78, 5) is 22.9. The van der Waals surface area contributed by atoms with E-state index in [9.17, 15) is 9.59 Å². The molecule has 0 radical (unpaired) electrons. The van der Waals surface area contributed by atoms with E-state index in [0.29, 0.717) is 15.2 Å². The second kappa shape index (κ2) is 5.61. The normalized spacial score (nSPS) is 24.6. The molecule has 0 unspecified atom stereocenters. The number of rotatable bonds is 4. The van der Waals surface area contributed by atoms with Crippen molar-refractivity contribution in [1.29, 1.82) is 0 Å². The van der Waals surface area contributed by atoms with Gasteiger partial charge in [0.2, 0.25) is 0 Å². The van der Waals surface area contributed by atoms with Crippen LogP contribution in [0.2, 0.25) is 5.02 Å². The number of methoxy groups -OCH3 is 1. The fraction of sp³-hybridized carbons (Fsp3) is 0.385. The molecule has 0 atom stereocenters. The average Bonchev–Trinajstić information content (AvgIpc) is 2.36. The fourth-order valence-corrected chi connectivity index (χ4v) is 2.82. The lowest BCUT2D eigenvalue weighted by Crippen LogP contribution is -2.58. The molecule has 0 amide bonds.